The lowest BCUT2D eigenvalue weighted by molar-refractivity contribution is -0.133. The predicted octanol–water partition coefficient (Wildman–Crippen LogP) is 4.90. The number of thiazole rings is 1. The third kappa shape index (κ3) is 2.71. The minimum absolute atomic E-state index is 0.0374. The first-order valence-electron chi connectivity index (χ1n) is 9.12. The van der Waals surface area contributed by atoms with Gasteiger partial charge in [-0.1, -0.05) is 24.3 Å². The highest BCUT2D eigenvalue weighted by atomic mass is 32.1. The maximum absolute atomic E-state index is 13.1. The molecule has 1 aliphatic carbocycles. The number of nitrogens with zero attached hydrogens (tertiary/aromatic N) is 2. The van der Waals surface area contributed by atoms with Crippen molar-refractivity contribution < 1.29 is 9.18 Å². The quantitative estimate of drug-likeness (QED) is 0.660. The van der Waals surface area contributed by atoms with Gasteiger partial charge in [-0.2, -0.15) is 0 Å². The number of fused-ring (bicyclic) bond motifs is 1. The van der Waals surface area contributed by atoms with Crippen LogP contribution in [0.15, 0.2) is 48.5 Å². The average Bonchev–Trinajstić information content (AvgIpc) is 3.11. The van der Waals surface area contributed by atoms with Crippen molar-refractivity contribution in [1.29, 1.82) is 0 Å². The molecule has 1 saturated heterocycles. The maximum atomic E-state index is 13.1. The number of carbonyl (C=O) groups is 1. The summed E-state index contributed by atoms with van der Waals surface area (Å²) in [7, 11) is 0. The van der Waals surface area contributed by atoms with Crippen LogP contribution in [-0.2, 0) is 4.79 Å². The minimum Gasteiger partial charge on any atom is -0.333 e. The normalized spacial score (nSPS) is 25.0. The van der Waals surface area contributed by atoms with E-state index in [-0.39, 0.29) is 29.6 Å². The second-order valence-corrected chi connectivity index (χ2v) is 8.27. The first-order valence-corrected chi connectivity index (χ1v) is 9.94. The van der Waals surface area contributed by atoms with Gasteiger partial charge >= 0.3 is 0 Å². The van der Waals surface area contributed by atoms with Gasteiger partial charge in [0, 0.05) is 12.5 Å². The van der Waals surface area contributed by atoms with Crippen molar-refractivity contribution in [3.05, 3.63) is 64.9 Å². The number of para-hydroxylation sites is 1. The standard InChI is InChI=1S/C21H19FN2OS/c22-14-9-7-13(8-10-14)15-12-16(15)21(25)24-11-3-5-18(24)20-23-17-4-1-2-6-19(17)26-20/h1-2,4,6-10,15-16,18H,3,5,11-12H2. The zero-order valence-electron chi connectivity index (χ0n) is 14.3. The van der Waals surface area contributed by atoms with E-state index in [4.69, 9.17) is 4.98 Å². The number of hydrogen-bond acceptors (Lipinski definition) is 3. The summed E-state index contributed by atoms with van der Waals surface area (Å²) < 4.78 is 14.3. The molecule has 2 aliphatic rings. The molecule has 3 aromatic rings. The summed E-state index contributed by atoms with van der Waals surface area (Å²) in [6.07, 6.45) is 2.88. The Kier molecular flexibility index (Phi) is 3.78. The first kappa shape index (κ1) is 15.9. The van der Waals surface area contributed by atoms with Gasteiger partial charge in [-0.15, -0.1) is 11.3 Å². The maximum Gasteiger partial charge on any atom is 0.226 e. The molecule has 5 rings (SSSR count). The molecule has 2 heterocycles. The zero-order valence-corrected chi connectivity index (χ0v) is 15.1. The molecule has 3 unspecified atom stereocenters. The number of carbonyl (C=O) groups excluding carboxylic acids is 1. The van der Waals surface area contributed by atoms with Crippen LogP contribution in [0.3, 0.4) is 0 Å². The Bertz CT molecular complexity index is 935. The Morgan fingerprint density at radius 1 is 1.15 bits per heavy atom. The summed E-state index contributed by atoms with van der Waals surface area (Å²) >= 11 is 1.70. The van der Waals surface area contributed by atoms with Gasteiger partial charge in [0.1, 0.15) is 10.8 Å². The van der Waals surface area contributed by atoms with Crippen LogP contribution < -0.4 is 0 Å². The van der Waals surface area contributed by atoms with Gasteiger partial charge in [-0.3, -0.25) is 4.79 Å². The topological polar surface area (TPSA) is 33.2 Å². The number of hydrogen-bond donors (Lipinski definition) is 0. The lowest BCUT2D eigenvalue weighted by Crippen LogP contribution is -2.32. The van der Waals surface area contributed by atoms with E-state index >= 15 is 0 Å². The predicted molar refractivity (Wildman–Crippen MR) is 101 cm³/mol. The molecule has 132 valence electrons. The van der Waals surface area contributed by atoms with E-state index in [2.05, 4.69) is 6.07 Å². The van der Waals surface area contributed by atoms with E-state index in [1.165, 1.54) is 16.8 Å². The van der Waals surface area contributed by atoms with Gasteiger partial charge in [0.25, 0.3) is 0 Å². The van der Waals surface area contributed by atoms with Crippen LogP contribution >= 0.6 is 11.3 Å². The SMILES string of the molecule is O=C(C1CC1c1ccc(F)cc1)N1CCCC1c1nc2ccccc2s1. The van der Waals surface area contributed by atoms with E-state index < -0.39 is 0 Å². The van der Waals surface area contributed by atoms with Crippen LogP contribution in [0.4, 0.5) is 4.39 Å². The van der Waals surface area contributed by atoms with Gasteiger partial charge < -0.3 is 4.90 Å². The monoisotopic (exact) mass is 366 g/mol. The molecule has 0 N–H and O–H groups in total. The molecular formula is C21H19FN2OS. The van der Waals surface area contributed by atoms with Gasteiger partial charge in [0.2, 0.25) is 5.91 Å². The summed E-state index contributed by atoms with van der Waals surface area (Å²) in [6, 6.07) is 14.8. The largest absolute Gasteiger partial charge is 0.333 e. The Morgan fingerprint density at radius 2 is 1.96 bits per heavy atom. The molecule has 0 bridgehead atoms. The number of amides is 1. The Morgan fingerprint density at radius 3 is 2.77 bits per heavy atom. The average molecular weight is 366 g/mol. The van der Waals surface area contributed by atoms with Crippen molar-refractivity contribution in [1.82, 2.24) is 9.88 Å². The lowest BCUT2D eigenvalue weighted by Gasteiger charge is -2.23. The number of likely N-dealkylation sites (tertiary alicyclic amines) is 1. The third-order valence-corrected chi connectivity index (χ3v) is 6.67. The molecule has 1 saturated carbocycles. The van der Waals surface area contributed by atoms with Gasteiger partial charge in [0.15, 0.2) is 0 Å². The Labute approximate surface area is 155 Å². The van der Waals surface area contributed by atoms with E-state index in [1.54, 1.807) is 11.3 Å². The molecule has 2 fully saturated rings. The van der Waals surface area contributed by atoms with Crippen molar-refractivity contribution in [2.75, 3.05) is 6.54 Å². The van der Waals surface area contributed by atoms with Crippen LogP contribution in [-0.4, -0.2) is 22.3 Å². The zero-order chi connectivity index (χ0) is 17.7. The second kappa shape index (κ2) is 6.16. The fourth-order valence-electron chi connectivity index (χ4n) is 4.08. The number of rotatable bonds is 3. The lowest BCUT2D eigenvalue weighted by atomic mass is 10.1. The van der Waals surface area contributed by atoms with E-state index in [9.17, 15) is 9.18 Å². The fraction of sp³-hybridized carbons (Fsp3) is 0.333. The fourth-order valence-corrected chi connectivity index (χ4v) is 5.19. The highest BCUT2D eigenvalue weighted by Crippen LogP contribution is 2.50. The number of benzene rings is 2. The van der Waals surface area contributed by atoms with Crippen molar-refractivity contribution in [3.63, 3.8) is 0 Å². The molecule has 0 spiro atoms. The van der Waals surface area contributed by atoms with E-state index in [1.807, 2.05) is 35.2 Å². The first-order chi connectivity index (χ1) is 12.7. The van der Waals surface area contributed by atoms with Crippen LogP contribution in [0.5, 0.6) is 0 Å². The highest BCUT2D eigenvalue weighted by Gasteiger charge is 2.48. The van der Waals surface area contributed by atoms with Crippen LogP contribution in [0, 0.1) is 11.7 Å². The summed E-state index contributed by atoms with van der Waals surface area (Å²) in [5, 5.41) is 1.05. The summed E-state index contributed by atoms with van der Waals surface area (Å²) in [5.74, 6) is 0.281. The van der Waals surface area contributed by atoms with Gasteiger partial charge in [-0.25, -0.2) is 9.37 Å². The molecule has 3 nitrogen and oxygen atoms in total. The van der Waals surface area contributed by atoms with Crippen molar-refractivity contribution in [2.24, 2.45) is 5.92 Å². The second-order valence-electron chi connectivity index (χ2n) is 7.21. The van der Waals surface area contributed by atoms with Crippen molar-refractivity contribution in [3.8, 4) is 0 Å². The van der Waals surface area contributed by atoms with Crippen molar-refractivity contribution in [2.45, 2.75) is 31.2 Å². The molecule has 1 amide bonds. The van der Waals surface area contributed by atoms with Crippen molar-refractivity contribution >= 4 is 27.5 Å². The summed E-state index contributed by atoms with van der Waals surface area (Å²) in [4.78, 5) is 19.9. The highest BCUT2D eigenvalue weighted by molar-refractivity contribution is 7.18. The summed E-state index contributed by atoms with van der Waals surface area (Å²) in [6.45, 7) is 0.812. The van der Waals surface area contributed by atoms with Crippen LogP contribution in [0.1, 0.15) is 41.8 Å². The van der Waals surface area contributed by atoms with Crippen LogP contribution in [0.2, 0.25) is 0 Å². The van der Waals surface area contributed by atoms with Crippen LogP contribution in [0.25, 0.3) is 10.2 Å². The van der Waals surface area contributed by atoms with Gasteiger partial charge in [-0.05, 0) is 55.0 Å². The Hall–Kier alpha value is -2.27. The Balaban J connectivity index is 1.35. The number of aromatic nitrogens is 1. The molecule has 5 heteroatoms. The van der Waals surface area contributed by atoms with E-state index in [0.29, 0.717) is 0 Å². The molecule has 0 radical (unpaired) electrons. The number of halogens is 1. The molecule has 1 aromatic heterocycles. The third-order valence-electron chi connectivity index (χ3n) is 5.54. The molecular weight excluding hydrogens is 347 g/mol. The molecule has 3 atom stereocenters. The molecule has 2 aromatic carbocycles. The smallest absolute Gasteiger partial charge is 0.226 e. The van der Waals surface area contributed by atoms with E-state index in [0.717, 1.165) is 41.9 Å². The summed E-state index contributed by atoms with van der Waals surface area (Å²) in [5.41, 5.74) is 2.09. The molecule has 26 heavy (non-hydrogen) atoms. The molecule has 1 aliphatic heterocycles. The minimum atomic E-state index is -0.229. The van der Waals surface area contributed by atoms with Gasteiger partial charge in [0.05, 0.1) is 16.3 Å².